The van der Waals surface area contributed by atoms with E-state index in [1.807, 2.05) is 35.2 Å². The van der Waals surface area contributed by atoms with Crippen molar-refractivity contribution >= 4 is 21.8 Å². The van der Waals surface area contributed by atoms with Gasteiger partial charge < -0.3 is 14.2 Å². The fraction of sp³-hybridized carbons (Fsp3) is 0.292. The lowest BCUT2D eigenvalue weighted by molar-refractivity contribution is 0.0737. The number of halogens is 1. The molecule has 0 aliphatic heterocycles. The largest absolute Gasteiger partial charge is 0.497 e. The molecule has 4 nitrogen and oxygen atoms in total. The van der Waals surface area contributed by atoms with Gasteiger partial charge in [0.1, 0.15) is 5.75 Å². The number of carbonyl (C=O) groups excluding carboxylic acids is 1. The number of hydrogen-bond donors (Lipinski definition) is 0. The van der Waals surface area contributed by atoms with Gasteiger partial charge in [-0.3, -0.25) is 4.79 Å². The molecule has 0 bridgehead atoms. The zero-order valence-electron chi connectivity index (χ0n) is 17.0. The van der Waals surface area contributed by atoms with Gasteiger partial charge in [0.25, 0.3) is 5.91 Å². The summed E-state index contributed by atoms with van der Waals surface area (Å²) in [6, 6.07) is 19.9. The second-order valence-electron chi connectivity index (χ2n) is 7.07. The van der Waals surface area contributed by atoms with E-state index >= 15 is 0 Å². The van der Waals surface area contributed by atoms with Crippen LogP contribution in [-0.4, -0.2) is 29.0 Å². The van der Waals surface area contributed by atoms with Gasteiger partial charge in [-0.15, -0.1) is 0 Å². The number of nitrogens with zero attached hydrogens (tertiary/aromatic N) is 2. The molecule has 0 N–H and O–H groups in total. The molecule has 1 aromatic heterocycles. The van der Waals surface area contributed by atoms with Gasteiger partial charge in [0, 0.05) is 35.0 Å². The minimum absolute atomic E-state index is 0.0359. The minimum Gasteiger partial charge on any atom is -0.497 e. The van der Waals surface area contributed by atoms with Crippen molar-refractivity contribution in [2.24, 2.45) is 0 Å². The summed E-state index contributed by atoms with van der Waals surface area (Å²) in [5.41, 5.74) is 3.01. The Morgan fingerprint density at radius 3 is 2.62 bits per heavy atom. The number of hydrogen-bond acceptors (Lipinski definition) is 2. The predicted octanol–water partition coefficient (Wildman–Crippen LogP) is 5.75. The summed E-state index contributed by atoms with van der Waals surface area (Å²) < 4.78 is 8.57. The Kier molecular flexibility index (Phi) is 7.53. The maximum absolute atomic E-state index is 13.2. The number of benzene rings is 2. The fourth-order valence-corrected chi connectivity index (χ4v) is 3.53. The summed E-state index contributed by atoms with van der Waals surface area (Å²) in [5.74, 6) is 0.735. The first-order valence-electron chi connectivity index (χ1n) is 9.92. The highest BCUT2D eigenvalue weighted by Gasteiger charge is 2.18. The Bertz CT molecular complexity index is 934. The van der Waals surface area contributed by atoms with Crippen LogP contribution in [0.5, 0.6) is 5.75 Å². The lowest BCUT2D eigenvalue weighted by Crippen LogP contribution is -2.32. The lowest BCUT2D eigenvalue weighted by atomic mass is 10.1. The van der Waals surface area contributed by atoms with Crippen LogP contribution in [0.15, 0.2) is 71.3 Å². The third-order valence-corrected chi connectivity index (χ3v) is 5.46. The monoisotopic (exact) mass is 454 g/mol. The van der Waals surface area contributed by atoms with Crippen LogP contribution in [-0.2, 0) is 13.1 Å². The van der Waals surface area contributed by atoms with Gasteiger partial charge in [0.05, 0.1) is 13.7 Å². The van der Waals surface area contributed by atoms with Crippen LogP contribution in [0.2, 0.25) is 0 Å². The Hall–Kier alpha value is -2.53. The smallest absolute Gasteiger partial charge is 0.254 e. The molecule has 29 heavy (non-hydrogen) atoms. The lowest BCUT2D eigenvalue weighted by Gasteiger charge is -2.24. The SMILES string of the molecule is CCCCN(Cc1cccn1Cc1ccc(Br)cc1)C(=O)c1cccc(OC)c1. The highest BCUT2D eigenvalue weighted by Crippen LogP contribution is 2.18. The molecule has 0 saturated carbocycles. The molecule has 0 aliphatic carbocycles. The van der Waals surface area contributed by atoms with E-state index in [1.54, 1.807) is 7.11 Å². The summed E-state index contributed by atoms with van der Waals surface area (Å²) >= 11 is 3.48. The van der Waals surface area contributed by atoms with Crippen LogP contribution >= 0.6 is 15.9 Å². The van der Waals surface area contributed by atoms with E-state index in [-0.39, 0.29) is 5.91 Å². The topological polar surface area (TPSA) is 34.5 Å². The van der Waals surface area contributed by atoms with Gasteiger partial charge >= 0.3 is 0 Å². The van der Waals surface area contributed by atoms with Gasteiger partial charge in [-0.2, -0.15) is 0 Å². The molecule has 152 valence electrons. The van der Waals surface area contributed by atoms with E-state index in [0.717, 1.165) is 36.1 Å². The van der Waals surface area contributed by atoms with Crippen LogP contribution in [0, 0.1) is 0 Å². The third kappa shape index (κ3) is 5.73. The maximum atomic E-state index is 13.2. The number of ether oxygens (including phenoxy) is 1. The van der Waals surface area contributed by atoms with Gasteiger partial charge in [0.2, 0.25) is 0 Å². The van der Waals surface area contributed by atoms with Crippen LogP contribution < -0.4 is 4.74 Å². The van der Waals surface area contributed by atoms with E-state index in [0.29, 0.717) is 17.9 Å². The molecule has 0 atom stereocenters. The zero-order chi connectivity index (χ0) is 20.6. The summed E-state index contributed by atoms with van der Waals surface area (Å²) in [6.45, 7) is 4.24. The molecule has 0 saturated heterocycles. The van der Waals surface area contributed by atoms with Crippen molar-refractivity contribution in [1.82, 2.24) is 9.47 Å². The quantitative estimate of drug-likeness (QED) is 0.412. The molecule has 0 aliphatic rings. The van der Waals surface area contributed by atoms with Gasteiger partial charge in [-0.05, 0) is 54.4 Å². The number of methoxy groups -OCH3 is 1. The summed E-state index contributed by atoms with van der Waals surface area (Å²) in [7, 11) is 1.62. The first kappa shape index (κ1) is 21.2. The van der Waals surface area contributed by atoms with E-state index in [1.165, 1.54) is 5.56 Å². The number of aromatic nitrogens is 1. The Morgan fingerprint density at radius 2 is 1.90 bits per heavy atom. The molecule has 3 rings (SSSR count). The second-order valence-corrected chi connectivity index (χ2v) is 7.98. The van der Waals surface area contributed by atoms with Crippen LogP contribution in [0.4, 0.5) is 0 Å². The summed E-state index contributed by atoms with van der Waals surface area (Å²) in [4.78, 5) is 15.1. The minimum atomic E-state index is 0.0359. The van der Waals surface area contributed by atoms with Crippen molar-refractivity contribution in [2.75, 3.05) is 13.7 Å². The van der Waals surface area contributed by atoms with Gasteiger partial charge in [-0.25, -0.2) is 0 Å². The van der Waals surface area contributed by atoms with Crippen LogP contribution in [0.25, 0.3) is 0 Å². The van der Waals surface area contributed by atoms with Crippen molar-refractivity contribution in [2.45, 2.75) is 32.9 Å². The number of unbranched alkanes of at least 4 members (excludes halogenated alkanes) is 1. The fourth-order valence-electron chi connectivity index (χ4n) is 3.27. The first-order chi connectivity index (χ1) is 14.1. The molecule has 2 aromatic carbocycles. The molecule has 3 aromatic rings. The molecular weight excluding hydrogens is 428 g/mol. The summed E-state index contributed by atoms with van der Waals surface area (Å²) in [5, 5.41) is 0. The molecule has 1 amide bonds. The van der Waals surface area contributed by atoms with E-state index in [9.17, 15) is 4.79 Å². The molecule has 1 heterocycles. The molecule has 0 fully saturated rings. The molecule has 0 spiro atoms. The molecular formula is C24H27BrN2O2. The average molecular weight is 455 g/mol. The van der Waals surface area contributed by atoms with Crippen molar-refractivity contribution in [3.63, 3.8) is 0 Å². The number of carbonyl (C=O) groups is 1. The van der Waals surface area contributed by atoms with Gasteiger partial charge in [-0.1, -0.05) is 47.5 Å². The predicted molar refractivity (Wildman–Crippen MR) is 120 cm³/mol. The average Bonchev–Trinajstić information content (AvgIpc) is 3.18. The first-order valence-corrected chi connectivity index (χ1v) is 10.7. The highest BCUT2D eigenvalue weighted by molar-refractivity contribution is 9.10. The van der Waals surface area contributed by atoms with Crippen molar-refractivity contribution in [3.05, 3.63) is 88.2 Å². The number of rotatable bonds is 9. The Labute approximate surface area is 181 Å². The zero-order valence-corrected chi connectivity index (χ0v) is 18.6. The van der Waals surface area contributed by atoms with Crippen molar-refractivity contribution in [1.29, 1.82) is 0 Å². The van der Waals surface area contributed by atoms with E-state index in [2.05, 4.69) is 63.9 Å². The highest BCUT2D eigenvalue weighted by atomic mass is 79.9. The number of amides is 1. The maximum Gasteiger partial charge on any atom is 0.254 e. The van der Waals surface area contributed by atoms with E-state index in [4.69, 9.17) is 4.74 Å². The Morgan fingerprint density at radius 1 is 1.10 bits per heavy atom. The molecule has 0 unspecified atom stereocenters. The van der Waals surface area contributed by atoms with Gasteiger partial charge in [0.15, 0.2) is 0 Å². The standard InChI is InChI=1S/C24H27BrN2O2/c1-3-4-14-27(24(28)20-7-5-9-23(16-20)29-2)18-22-8-6-15-26(22)17-19-10-12-21(25)13-11-19/h5-13,15-16H,3-4,14,17-18H2,1-2H3. The second kappa shape index (κ2) is 10.3. The van der Waals surface area contributed by atoms with Crippen molar-refractivity contribution in [3.8, 4) is 5.75 Å². The molecule has 5 heteroatoms. The Balaban J connectivity index is 1.79. The summed E-state index contributed by atoms with van der Waals surface area (Å²) in [6.07, 6.45) is 4.09. The van der Waals surface area contributed by atoms with Crippen molar-refractivity contribution < 1.29 is 9.53 Å². The molecule has 0 radical (unpaired) electrons. The van der Waals surface area contributed by atoms with Crippen LogP contribution in [0.3, 0.4) is 0 Å². The van der Waals surface area contributed by atoms with E-state index < -0.39 is 0 Å². The van der Waals surface area contributed by atoms with Crippen LogP contribution in [0.1, 0.15) is 41.4 Å². The third-order valence-electron chi connectivity index (χ3n) is 4.93. The normalized spacial score (nSPS) is 10.7.